The highest BCUT2D eigenvalue weighted by Gasteiger charge is 2.33. The fourth-order valence-electron chi connectivity index (χ4n) is 3.09. The van der Waals surface area contributed by atoms with E-state index in [1.807, 2.05) is 44.2 Å². The van der Waals surface area contributed by atoms with E-state index in [4.69, 9.17) is 5.11 Å². The highest BCUT2D eigenvalue weighted by Crippen LogP contribution is 2.27. The normalized spacial score (nSPS) is 20.2. The third-order valence-corrected chi connectivity index (χ3v) is 4.18. The minimum Gasteiger partial charge on any atom is -0.396 e. The number of Topliss-reactive ketones (excluding diaryl/α,β-unsaturated/α-hetero) is 1. The molecular weight excluding hydrogens is 250 g/mol. The van der Waals surface area contributed by atoms with Crippen LogP contribution in [0.5, 0.6) is 0 Å². The summed E-state index contributed by atoms with van der Waals surface area (Å²) in [5.74, 6) is 0.798. The van der Waals surface area contributed by atoms with Crippen LogP contribution in [-0.2, 0) is 0 Å². The molecule has 0 spiro atoms. The second-order valence-corrected chi connectivity index (χ2v) is 6.48. The SMILES string of the molecule is CC(C)(CN1CCC(CCO)C1)C(=O)c1ccccc1. The number of likely N-dealkylation sites (tertiary alicyclic amines) is 1. The average molecular weight is 275 g/mol. The van der Waals surface area contributed by atoms with Gasteiger partial charge < -0.3 is 10.0 Å². The molecule has 0 radical (unpaired) electrons. The highest BCUT2D eigenvalue weighted by molar-refractivity contribution is 6.00. The average Bonchev–Trinajstić information content (AvgIpc) is 2.86. The molecule has 1 N–H and O–H groups in total. The van der Waals surface area contributed by atoms with E-state index in [0.29, 0.717) is 5.92 Å². The Balaban J connectivity index is 1.96. The van der Waals surface area contributed by atoms with Gasteiger partial charge in [-0.25, -0.2) is 0 Å². The summed E-state index contributed by atoms with van der Waals surface area (Å²) in [4.78, 5) is 15.0. The van der Waals surface area contributed by atoms with Gasteiger partial charge in [0.1, 0.15) is 0 Å². The van der Waals surface area contributed by atoms with Crippen LogP contribution < -0.4 is 0 Å². The molecular formula is C17H25NO2. The number of carbonyl (C=O) groups is 1. The second kappa shape index (κ2) is 6.51. The maximum Gasteiger partial charge on any atom is 0.169 e. The van der Waals surface area contributed by atoms with Crippen molar-refractivity contribution >= 4 is 5.78 Å². The standard InChI is InChI=1S/C17H25NO2/c1-17(2,16(20)15-6-4-3-5-7-15)13-18-10-8-14(12-18)9-11-19/h3-7,14,19H,8-13H2,1-2H3. The van der Waals surface area contributed by atoms with Gasteiger partial charge in [0.2, 0.25) is 0 Å². The molecule has 1 heterocycles. The van der Waals surface area contributed by atoms with Crippen molar-refractivity contribution in [1.82, 2.24) is 4.90 Å². The number of aliphatic hydroxyl groups is 1. The van der Waals surface area contributed by atoms with Gasteiger partial charge in [-0.2, -0.15) is 0 Å². The lowest BCUT2D eigenvalue weighted by molar-refractivity contribution is 0.0778. The van der Waals surface area contributed by atoms with Crippen LogP contribution in [-0.4, -0.2) is 42.0 Å². The Labute approximate surface area is 121 Å². The summed E-state index contributed by atoms with van der Waals surface area (Å²) in [5.41, 5.74) is 0.429. The molecule has 0 amide bonds. The zero-order valence-corrected chi connectivity index (χ0v) is 12.5. The quantitative estimate of drug-likeness (QED) is 0.811. The highest BCUT2D eigenvalue weighted by atomic mass is 16.3. The Morgan fingerprint density at radius 3 is 2.70 bits per heavy atom. The number of benzene rings is 1. The number of aliphatic hydroxyl groups excluding tert-OH is 1. The van der Waals surface area contributed by atoms with Gasteiger partial charge in [-0.1, -0.05) is 44.2 Å². The Bertz CT molecular complexity index is 442. The maximum atomic E-state index is 12.6. The van der Waals surface area contributed by atoms with E-state index in [2.05, 4.69) is 4.90 Å². The molecule has 2 rings (SSSR count). The third kappa shape index (κ3) is 3.68. The van der Waals surface area contributed by atoms with Gasteiger partial charge in [0.25, 0.3) is 0 Å². The zero-order chi connectivity index (χ0) is 14.6. The van der Waals surface area contributed by atoms with E-state index < -0.39 is 0 Å². The van der Waals surface area contributed by atoms with Crippen molar-refractivity contribution in [3.63, 3.8) is 0 Å². The summed E-state index contributed by atoms with van der Waals surface area (Å²) in [5, 5.41) is 9.01. The van der Waals surface area contributed by atoms with Gasteiger partial charge in [-0.3, -0.25) is 4.79 Å². The van der Waals surface area contributed by atoms with E-state index in [1.54, 1.807) is 0 Å². The van der Waals surface area contributed by atoms with Crippen molar-refractivity contribution in [2.75, 3.05) is 26.2 Å². The summed E-state index contributed by atoms with van der Waals surface area (Å²) in [6.07, 6.45) is 2.01. The van der Waals surface area contributed by atoms with Crippen LogP contribution in [0.1, 0.15) is 37.0 Å². The molecule has 20 heavy (non-hydrogen) atoms. The van der Waals surface area contributed by atoms with Gasteiger partial charge in [0.05, 0.1) is 0 Å². The second-order valence-electron chi connectivity index (χ2n) is 6.48. The van der Waals surface area contributed by atoms with E-state index in [0.717, 1.165) is 38.0 Å². The first kappa shape index (κ1) is 15.2. The van der Waals surface area contributed by atoms with Crippen LogP contribution in [0.2, 0.25) is 0 Å². The topological polar surface area (TPSA) is 40.5 Å². The maximum absolute atomic E-state index is 12.6. The van der Waals surface area contributed by atoms with Crippen molar-refractivity contribution < 1.29 is 9.90 Å². The fraction of sp³-hybridized carbons (Fsp3) is 0.588. The van der Waals surface area contributed by atoms with Crippen molar-refractivity contribution in [3.8, 4) is 0 Å². The molecule has 1 aliphatic heterocycles. The summed E-state index contributed by atoms with van der Waals surface area (Å²) < 4.78 is 0. The Hall–Kier alpha value is -1.19. The molecule has 0 aromatic heterocycles. The molecule has 0 saturated carbocycles. The van der Waals surface area contributed by atoms with E-state index >= 15 is 0 Å². The number of ketones is 1. The van der Waals surface area contributed by atoms with E-state index in [1.165, 1.54) is 0 Å². The minimum atomic E-state index is -0.366. The van der Waals surface area contributed by atoms with Gasteiger partial charge in [0.15, 0.2) is 5.78 Å². The van der Waals surface area contributed by atoms with E-state index in [9.17, 15) is 4.79 Å². The van der Waals surface area contributed by atoms with E-state index in [-0.39, 0.29) is 17.8 Å². The summed E-state index contributed by atoms with van der Waals surface area (Å²) >= 11 is 0. The van der Waals surface area contributed by atoms with Gasteiger partial charge >= 0.3 is 0 Å². The molecule has 1 aliphatic rings. The molecule has 3 nitrogen and oxygen atoms in total. The number of hydrogen-bond acceptors (Lipinski definition) is 3. The van der Waals surface area contributed by atoms with Crippen molar-refractivity contribution in [2.45, 2.75) is 26.7 Å². The monoisotopic (exact) mass is 275 g/mol. The van der Waals surface area contributed by atoms with Crippen molar-refractivity contribution in [3.05, 3.63) is 35.9 Å². The van der Waals surface area contributed by atoms with Crippen molar-refractivity contribution in [2.24, 2.45) is 11.3 Å². The Morgan fingerprint density at radius 1 is 1.35 bits per heavy atom. The van der Waals surface area contributed by atoms with Crippen LogP contribution >= 0.6 is 0 Å². The summed E-state index contributed by atoms with van der Waals surface area (Å²) in [6.45, 7) is 7.17. The number of carbonyl (C=O) groups excluding carboxylic acids is 1. The molecule has 1 unspecified atom stereocenters. The third-order valence-electron chi connectivity index (χ3n) is 4.18. The lowest BCUT2D eigenvalue weighted by atomic mass is 9.83. The molecule has 1 fully saturated rings. The first-order valence-electron chi connectivity index (χ1n) is 7.46. The predicted octanol–water partition coefficient (Wildman–Crippen LogP) is 2.60. The van der Waals surface area contributed by atoms with Crippen LogP contribution in [0.3, 0.4) is 0 Å². The first-order valence-corrected chi connectivity index (χ1v) is 7.46. The summed E-state index contributed by atoms with van der Waals surface area (Å²) in [7, 11) is 0. The Kier molecular flexibility index (Phi) is 4.95. The predicted molar refractivity (Wildman–Crippen MR) is 80.8 cm³/mol. The fourth-order valence-corrected chi connectivity index (χ4v) is 3.09. The molecule has 0 aliphatic carbocycles. The molecule has 1 aromatic rings. The number of rotatable bonds is 6. The van der Waals surface area contributed by atoms with Gasteiger partial charge in [-0.15, -0.1) is 0 Å². The first-order chi connectivity index (χ1) is 9.53. The van der Waals surface area contributed by atoms with Crippen LogP contribution in [0.25, 0.3) is 0 Å². The van der Waals surface area contributed by atoms with Crippen LogP contribution in [0, 0.1) is 11.3 Å². The lowest BCUT2D eigenvalue weighted by Gasteiger charge is -2.29. The summed E-state index contributed by atoms with van der Waals surface area (Å²) in [6, 6.07) is 9.54. The molecule has 110 valence electrons. The molecule has 3 heteroatoms. The molecule has 1 saturated heterocycles. The molecule has 1 atom stereocenters. The number of nitrogens with zero attached hydrogens (tertiary/aromatic N) is 1. The van der Waals surface area contributed by atoms with Gasteiger partial charge in [-0.05, 0) is 25.3 Å². The Morgan fingerprint density at radius 2 is 2.05 bits per heavy atom. The molecule has 0 bridgehead atoms. The van der Waals surface area contributed by atoms with Gasteiger partial charge in [0, 0.05) is 30.7 Å². The largest absolute Gasteiger partial charge is 0.396 e. The zero-order valence-electron chi connectivity index (χ0n) is 12.5. The lowest BCUT2D eigenvalue weighted by Crippen LogP contribution is -2.38. The molecule has 1 aromatic carbocycles. The van der Waals surface area contributed by atoms with Crippen LogP contribution in [0.4, 0.5) is 0 Å². The minimum absolute atomic E-state index is 0.212. The van der Waals surface area contributed by atoms with Crippen molar-refractivity contribution in [1.29, 1.82) is 0 Å². The number of hydrogen-bond donors (Lipinski definition) is 1. The van der Waals surface area contributed by atoms with Crippen LogP contribution in [0.15, 0.2) is 30.3 Å². The smallest absolute Gasteiger partial charge is 0.169 e.